The molecule has 4 heteroatoms. The summed E-state index contributed by atoms with van der Waals surface area (Å²) >= 11 is 0. The minimum Gasteiger partial charge on any atom is -0.394 e. The van der Waals surface area contributed by atoms with Gasteiger partial charge in [-0.2, -0.15) is 0 Å². The Morgan fingerprint density at radius 1 is 1.44 bits per heavy atom. The summed E-state index contributed by atoms with van der Waals surface area (Å²) in [5.74, 6) is 0. The Morgan fingerprint density at radius 2 is 2.00 bits per heavy atom. The van der Waals surface area contributed by atoms with Gasteiger partial charge in [-0.05, 0) is 54.0 Å². The van der Waals surface area contributed by atoms with Crippen molar-refractivity contribution >= 4 is 0 Å². The minimum atomic E-state index is -0.182. The van der Waals surface area contributed by atoms with Gasteiger partial charge in [0.15, 0.2) is 0 Å². The third-order valence-corrected chi connectivity index (χ3v) is 3.86. The van der Waals surface area contributed by atoms with Crippen molar-refractivity contribution < 1.29 is 5.11 Å². The third-order valence-electron chi connectivity index (χ3n) is 3.86. The van der Waals surface area contributed by atoms with Crippen LogP contribution in [0.2, 0.25) is 0 Å². The number of piperidine rings is 1. The molecule has 0 aromatic heterocycles. The summed E-state index contributed by atoms with van der Waals surface area (Å²) in [6, 6.07) is 0.662. The van der Waals surface area contributed by atoms with Crippen LogP contribution in [0.3, 0.4) is 0 Å². The smallest absolute Gasteiger partial charge is 0.0623 e. The summed E-state index contributed by atoms with van der Waals surface area (Å²) in [6.45, 7) is 5.52. The van der Waals surface area contributed by atoms with Crippen molar-refractivity contribution in [3.05, 3.63) is 0 Å². The third kappa shape index (κ3) is 3.70. The molecule has 1 rings (SSSR count). The molecule has 96 valence electrons. The van der Waals surface area contributed by atoms with Crippen LogP contribution in [0.15, 0.2) is 0 Å². The van der Waals surface area contributed by atoms with E-state index < -0.39 is 0 Å². The Bertz CT molecular complexity index is 198. The number of likely N-dealkylation sites (N-methyl/N-ethyl adjacent to an activating group) is 2. The van der Waals surface area contributed by atoms with Gasteiger partial charge in [0.25, 0.3) is 0 Å². The number of hydrogen-bond donors (Lipinski definition) is 2. The maximum absolute atomic E-state index is 9.38. The molecule has 0 aromatic rings. The standard InChI is InChI=1S/C12H27N3O/c1-12(10-16,13-2)9-15(4)11-5-7-14(3)8-6-11/h11,13,16H,5-10H2,1-4H3. The molecule has 0 aliphatic carbocycles. The van der Waals surface area contributed by atoms with E-state index in [9.17, 15) is 5.11 Å². The average Bonchev–Trinajstić information content (AvgIpc) is 2.29. The maximum Gasteiger partial charge on any atom is 0.0623 e. The van der Waals surface area contributed by atoms with Crippen molar-refractivity contribution in [2.75, 3.05) is 47.4 Å². The number of nitrogens with one attached hydrogen (secondary N) is 1. The Labute approximate surface area is 99.6 Å². The van der Waals surface area contributed by atoms with Gasteiger partial charge in [-0.3, -0.25) is 0 Å². The molecule has 1 fully saturated rings. The van der Waals surface area contributed by atoms with Gasteiger partial charge in [0, 0.05) is 12.6 Å². The molecule has 1 saturated heterocycles. The summed E-state index contributed by atoms with van der Waals surface area (Å²) in [7, 11) is 6.27. The van der Waals surface area contributed by atoms with Crippen LogP contribution < -0.4 is 5.32 Å². The van der Waals surface area contributed by atoms with Crippen LogP contribution in [0.4, 0.5) is 0 Å². The predicted octanol–water partition coefficient (Wildman–Crippen LogP) is -0.0172. The van der Waals surface area contributed by atoms with Crippen LogP contribution >= 0.6 is 0 Å². The van der Waals surface area contributed by atoms with Crippen LogP contribution in [-0.2, 0) is 0 Å². The lowest BCUT2D eigenvalue weighted by atomic mass is 9.99. The highest BCUT2D eigenvalue weighted by Crippen LogP contribution is 2.16. The van der Waals surface area contributed by atoms with E-state index in [4.69, 9.17) is 0 Å². The molecule has 0 radical (unpaired) electrons. The molecule has 0 saturated carbocycles. The molecule has 0 bridgehead atoms. The van der Waals surface area contributed by atoms with E-state index in [1.165, 1.54) is 25.9 Å². The van der Waals surface area contributed by atoms with E-state index >= 15 is 0 Å². The number of hydrogen-bond acceptors (Lipinski definition) is 4. The Kier molecular flexibility index (Phi) is 5.18. The lowest BCUT2D eigenvalue weighted by Crippen LogP contribution is -2.55. The molecule has 4 nitrogen and oxygen atoms in total. The van der Waals surface area contributed by atoms with Gasteiger partial charge in [-0.1, -0.05) is 0 Å². The molecule has 1 unspecified atom stereocenters. The summed E-state index contributed by atoms with van der Waals surface area (Å²) in [4.78, 5) is 4.77. The first kappa shape index (κ1) is 13.9. The number of rotatable bonds is 5. The van der Waals surface area contributed by atoms with Crippen molar-refractivity contribution in [2.45, 2.75) is 31.3 Å². The van der Waals surface area contributed by atoms with Crippen molar-refractivity contribution in [1.82, 2.24) is 15.1 Å². The monoisotopic (exact) mass is 229 g/mol. The number of nitrogens with zero attached hydrogens (tertiary/aromatic N) is 2. The minimum absolute atomic E-state index is 0.181. The van der Waals surface area contributed by atoms with Crippen molar-refractivity contribution in [3.63, 3.8) is 0 Å². The zero-order valence-corrected chi connectivity index (χ0v) is 11.2. The van der Waals surface area contributed by atoms with Crippen molar-refractivity contribution in [2.24, 2.45) is 0 Å². The zero-order valence-electron chi connectivity index (χ0n) is 11.2. The molecule has 1 aliphatic heterocycles. The molecule has 0 amide bonds. The Hall–Kier alpha value is -0.160. The number of aliphatic hydroxyl groups is 1. The van der Waals surface area contributed by atoms with Gasteiger partial charge >= 0.3 is 0 Å². The Morgan fingerprint density at radius 3 is 2.44 bits per heavy atom. The topological polar surface area (TPSA) is 38.7 Å². The molecule has 2 N–H and O–H groups in total. The van der Waals surface area contributed by atoms with E-state index in [1.807, 2.05) is 7.05 Å². The fraction of sp³-hybridized carbons (Fsp3) is 1.00. The molecule has 1 heterocycles. The average molecular weight is 229 g/mol. The number of aliphatic hydroxyl groups excluding tert-OH is 1. The van der Waals surface area contributed by atoms with Crippen LogP contribution in [-0.4, -0.2) is 73.9 Å². The fourth-order valence-electron chi connectivity index (χ4n) is 2.32. The van der Waals surface area contributed by atoms with Crippen LogP contribution in [0.1, 0.15) is 19.8 Å². The van der Waals surface area contributed by atoms with Crippen molar-refractivity contribution in [1.29, 1.82) is 0 Å². The molecule has 1 aliphatic rings. The summed E-state index contributed by atoms with van der Waals surface area (Å²) < 4.78 is 0. The second kappa shape index (κ2) is 5.96. The molecule has 1 atom stereocenters. The van der Waals surface area contributed by atoms with Gasteiger partial charge in [-0.25, -0.2) is 0 Å². The first-order valence-electron chi connectivity index (χ1n) is 6.19. The predicted molar refractivity (Wildman–Crippen MR) is 67.7 cm³/mol. The zero-order chi connectivity index (χ0) is 12.2. The molecule has 0 aromatic carbocycles. The highest BCUT2D eigenvalue weighted by Gasteiger charge is 2.27. The quantitative estimate of drug-likeness (QED) is 0.695. The first-order chi connectivity index (χ1) is 7.50. The molecule has 0 spiro atoms. The van der Waals surface area contributed by atoms with Gasteiger partial charge < -0.3 is 20.2 Å². The lowest BCUT2D eigenvalue weighted by Gasteiger charge is -2.39. The lowest BCUT2D eigenvalue weighted by molar-refractivity contribution is 0.0888. The van der Waals surface area contributed by atoms with Gasteiger partial charge in [0.05, 0.1) is 12.1 Å². The van der Waals surface area contributed by atoms with Gasteiger partial charge in [-0.15, -0.1) is 0 Å². The normalized spacial score (nSPS) is 23.6. The van der Waals surface area contributed by atoms with Crippen LogP contribution in [0.5, 0.6) is 0 Å². The van der Waals surface area contributed by atoms with E-state index in [1.54, 1.807) is 0 Å². The second-order valence-electron chi connectivity index (χ2n) is 5.42. The van der Waals surface area contributed by atoms with Crippen molar-refractivity contribution in [3.8, 4) is 0 Å². The van der Waals surface area contributed by atoms with E-state index in [-0.39, 0.29) is 12.1 Å². The van der Waals surface area contributed by atoms with Crippen LogP contribution in [0, 0.1) is 0 Å². The highest BCUT2D eigenvalue weighted by atomic mass is 16.3. The summed E-state index contributed by atoms with van der Waals surface area (Å²) in [5.41, 5.74) is -0.182. The number of likely N-dealkylation sites (tertiary alicyclic amines) is 1. The molecular formula is C12H27N3O. The molecular weight excluding hydrogens is 202 g/mol. The second-order valence-corrected chi connectivity index (χ2v) is 5.42. The summed E-state index contributed by atoms with van der Waals surface area (Å²) in [6.07, 6.45) is 2.47. The van der Waals surface area contributed by atoms with E-state index in [0.717, 1.165) is 6.54 Å². The van der Waals surface area contributed by atoms with Gasteiger partial charge in [0.2, 0.25) is 0 Å². The van der Waals surface area contributed by atoms with E-state index in [0.29, 0.717) is 6.04 Å². The first-order valence-corrected chi connectivity index (χ1v) is 6.19. The van der Waals surface area contributed by atoms with E-state index in [2.05, 4.69) is 36.1 Å². The Balaban J connectivity index is 2.42. The highest BCUT2D eigenvalue weighted by molar-refractivity contribution is 4.87. The van der Waals surface area contributed by atoms with Crippen LogP contribution in [0.25, 0.3) is 0 Å². The summed E-state index contributed by atoms with van der Waals surface area (Å²) in [5, 5.41) is 12.6. The molecule has 16 heavy (non-hydrogen) atoms. The maximum atomic E-state index is 9.38. The fourth-order valence-corrected chi connectivity index (χ4v) is 2.32. The SMILES string of the molecule is CNC(C)(CO)CN(C)C1CCN(C)CC1. The van der Waals surface area contributed by atoms with Gasteiger partial charge in [0.1, 0.15) is 0 Å². The largest absolute Gasteiger partial charge is 0.394 e.